The molecule has 0 atom stereocenters. The molecule has 5 aromatic heterocycles. The summed E-state index contributed by atoms with van der Waals surface area (Å²) in [5, 5.41) is 6.18. The number of aromatic amines is 1. The van der Waals surface area contributed by atoms with E-state index in [9.17, 15) is 0 Å². The van der Waals surface area contributed by atoms with Crippen molar-refractivity contribution in [1.29, 1.82) is 0 Å². The van der Waals surface area contributed by atoms with E-state index in [1.54, 1.807) is 16.9 Å². The van der Waals surface area contributed by atoms with Crippen LogP contribution in [0.25, 0.3) is 50.2 Å². The van der Waals surface area contributed by atoms with E-state index >= 15 is 0 Å². The number of hydrogen-bond acceptors (Lipinski definition) is 5. The number of nitrogens with one attached hydrogen (secondary N) is 1. The molecule has 1 N–H and O–H groups in total. The third-order valence-corrected chi connectivity index (χ3v) is 4.83. The van der Waals surface area contributed by atoms with Crippen molar-refractivity contribution >= 4 is 27.6 Å². The van der Waals surface area contributed by atoms with Gasteiger partial charge in [0.25, 0.3) is 0 Å². The fourth-order valence-electron chi connectivity index (χ4n) is 3.44. The quantitative estimate of drug-likeness (QED) is 0.505. The third-order valence-electron chi connectivity index (χ3n) is 4.83. The molecule has 0 aliphatic rings. The first-order valence-electron chi connectivity index (χ1n) is 8.85. The number of aromatic nitrogens is 7. The number of fused-ring (bicyclic) bond motifs is 3. The summed E-state index contributed by atoms with van der Waals surface area (Å²) >= 11 is 0. The summed E-state index contributed by atoms with van der Waals surface area (Å²) in [4.78, 5) is 21.6. The molecule has 5 heterocycles. The standard InChI is InChI=1S/C21H13N7/c1-2-13-10-14(3-4-17(13)22-7-1)20-23-12-16-15(11-24-21(16)27-20)18-6-9-28-19(26-18)5-8-25-28/h1-12H,(H,23,24,27). The smallest absolute Gasteiger partial charge is 0.161 e. The van der Waals surface area contributed by atoms with Crippen LogP contribution < -0.4 is 0 Å². The monoisotopic (exact) mass is 363 g/mol. The van der Waals surface area contributed by atoms with Crippen LogP contribution in [0.3, 0.4) is 0 Å². The van der Waals surface area contributed by atoms with Crippen LogP contribution in [0.1, 0.15) is 0 Å². The Balaban J connectivity index is 1.46. The molecule has 1 aromatic carbocycles. The summed E-state index contributed by atoms with van der Waals surface area (Å²) in [5.74, 6) is 0.672. The number of H-pyrrole nitrogens is 1. The maximum atomic E-state index is 4.72. The van der Waals surface area contributed by atoms with E-state index in [0.29, 0.717) is 5.82 Å². The largest absolute Gasteiger partial charge is 0.345 e. The van der Waals surface area contributed by atoms with Crippen LogP contribution in [-0.2, 0) is 0 Å². The molecule has 7 heteroatoms. The summed E-state index contributed by atoms with van der Waals surface area (Å²) in [7, 11) is 0. The van der Waals surface area contributed by atoms with Crippen LogP contribution in [-0.4, -0.2) is 34.5 Å². The minimum absolute atomic E-state index is 0.672. The Morgan fingerprint density at radius 3 is 2.93 bits per heavy atom. The van der Waals surface area contributed by atoms with Gasteiger partial charge in [-0.25, -0.2) is 19.5 Å². The second kappa shape index (κ2) is 5.68. The predicted octanol–water partition coefficient (Wildman–Crippen LogP) is 3.88. The first-order valence-corrected chi connectivity index (χ1v) is 8.85. The summed E-state index contributed by atoms with van der Waals surface area (Å²) in [6.45, 7) is 0. The molecule has 28 heavy (non-hydrogen) atoms. The molecule has 0 saturated heterocycles. The molecule has 0 aliphatic carbocycles. The number of pyridine rings is 1. The zero-order valence-corrected chi connectivity index (χ0v) is 14.6. The Labute approximate surface area is 158 Å². The molecule has 0 bridgehead atoms. The molecule has 0 unspecified atom stereocenters. The Morgan fingerprint density at radius 1 is 0.929 bits per heavy atom. The van der Waals surface area contributed by atoms with Gasteiger partial charge in [0.15, 0.2) is 11.5 Å². The molecular weight excluding hydrogens is 350 g/mol. The van der Waals surface area contributed by atoms with Gasteiger partial charge in [-0.2, -0.15) is 5.10 Å². The Morgan fingerprint density at radius 2 is 1.93 bits per heavy atom. The van der Waals surface area contributed by atoms with Crippen molar-refractivity contribution in [1.82, 2.24) is 34.5 Å². The highest BCUT2D eigenvalue weighted by Crippen LogP contribution is 2.28. The number of nitrogens with zero attached hydrogens (tertiary/aromatic N) is 6. The van der Waals surface area contributed by atoms with Gasteiger partial charge in [0.05, 0.1) is 17.4 Å². The summed E-state index contributed by atoms with van der Waals surface area (Å²) in [5.41, 5.74) is 5.31. The summed E-state index contributed by atoms with van der Waals surface area (Å²) < 4.78 is 1.74. The fourth-order valence-corrected chi connectivity index (χ4v) is 3.44. The molecule has 0 spiro atoms. The average molecular weight is 363 g/mol. The highest BCUT2D eigenvalue weighted by Gasteiger charge is 2.12. The first-order chi connectivity index (χ1) is 13.8. The van der Waals surface area contributed by atoms with Gasteiger partial charge in [0.1, 0.15) is 5.65 Å². The van der Waals surface area contributed by atoms with Crippen LogP contribution in [0.5, 0.6) is 0 Å². The minimum atomic E-state index is 0.672. The second-order valence-electron chi connectivity index (χ2n) is 6.52. The van der Waals surface area contributed by atoms with Crippen LogP contribution in [0.4, 0.5) is 0 Å². The van der Waals surface area contributed by atoms with Crippen molar-refractivity contribution in [3.63, 3.8) is 0 Å². The maximum absolute atomic E-state index is 4.72. The van der Waals surface area contributed by atoms with Gasteiger partial charge < -0.3 is 4.98 Å². The van der Waals surface area contributed by atoms with Crippen LogP contribution in [0, 0.1) is 0 Å². The Hall–Kier alpha value is -4.13. The van der Waals surface area contributed by atoms with Crippen LogP contribution in [0.2, 0.25) is 0 Å². The SMILES string of the molecule is c1cnc2ccc(-c3ncc4c(-c5ccn6nccc6n5)c[nH]c4n3)cc2c1. The van der Waals surface area contributed by atoms with Gasteiger partial charge in [0, 0.05) is 52.8 Å². The Bertz CT molecular complexity index is 1480. The summed E-state index contributed by atoms with van der Waals surface area (Å²) in [6, 6.07) is 13.8. The molecule has 0 fully saturated rings. The van der Waals surface area contributed by atoms with E-state index in [-0.39, 0.29) is 0 Å². The molecule has 0 saturated carbocycles. The molecule has 6 aromatic rings. The second-order valence-corrected chi connectivity index (χ2v) is 6.52. The summed E-state index contributed by atoms with van der Waals surface area (Å²) in [6.07, 6.45) is 9.19. The molecule has 0 aliphatic heterocycles. The lowest BCUT2D eigenvalue weighted by Crippen LogP contribution is -1.92. The zero-order valence-electron chi connectivity index (χ0n) is 14.6. The van der Waals surface area contributed by atoms with Crippen LogP contribution in [0.15, 0.2) is 73.4 Å². The van der Waals surface area contributed by atoms with Gasteiger partial charge in [0.2, 0.25) is 0 Å². The van der Waals surface area contributed by atoms with Gasteiger partial charge >= 0.3 is 0 Å². The van der Waals surface area contributed by atoms with Gasteiger partial charge in [-0.1, -0.05) is 6.07 Å². The van der Waals surface area contributed by atoms with Gasteiger partial charge in [-0.05, 0) is 30.3 Å². The van der Waals surface area contributed by atoms with E-state index in [1.807, 2.05) is 55.0 Å². The van der Waals surface area contributed by atoms with Crippen molar-refractivity contribution in [2.24, 2.45) is 0 Å². The lowest BCUT2D eigenvalue weighted by Gasteiger charge is -2.03. The van der Waals surface area contributed by atoms with E-state index in [2.05, 4.69) is 31.1 Å². The number of rotatable bonds is 2. The van der Waals surface area contributed by atoms with Crippen LogP contribution >= 0.6 is 0 Å². The zero-order chi connectivity index (χ0) is 18.5. The highest BCUT2D eigenvalue weighted by molar-refractivity contribution is 5.93. The molecular formula is C21H13N7. The van der Waals surface area contributed by atoms with E-state index in [4.69, 9.17) is 4.98 Å². The van der Waals surface area contributed by atoms with E-state index in [0.717, 1.165) is 44.4 Å². The number of benzene rings is 1. The van der Waals surface area contributed by atoms with Gasteiger partial charge in [-0.3, -0.25) is 4.98 Å². The topological polar surface area (TPSA) is 84.6 Å². The maximum Gasteiger partial charge on any atom is 0.161 e. The van der Waals surface area contributed by atoms with Crippen molar-refractivity contribution in [3.05, 3.63) is 73.4 Å². The predicted molar refractivity (Wildman–Crippen MR) is 107 cm³/mol. The van der Waals surface area contributed by atoms with E-state index < -0.39 is 0 Å². The van der Waals surface area contributed by atoms with Crippen molar-refractivity contribution in [2.75, 3.05) is 0 Å². The van der Waals surface area contributed by atoms with Crippen molar-refractivity contribution in [2.45, 2.75) is 0 Å². The highest BCUT2D eigenvalue weighted by atomic mass is 15.2. The van der Waals surface area contributed by atoms with Gasteiger partial charge in [-0.15, -0.1) is 0 Å². The fraction of sp³-hybridized carbons (Fsp3) is 0. The average Bonchev–Trinajstić information content (AvgIpc) is 3.39. The molecule has 0 radical (unpaired) electrons. The lowest BCUT2D eigenvalue weighted by molar-refractivity contribution is 0.941. The molecule has 7 nitrogen and oxygen atoms in total. The Kier molecular flexibility index (Phi) is 3.04. The van der Waals surface area contributed by atoms with Crippen molar-refractivity contribution < 1.29 is 0 Å². The lowest BCUT2D eigenvalue weighted by atomic mass is 10.1. The molecule has 132 valence electrons. The van der Waals surface area contributed by atoms with Crippen molar-refractivity contribution in [3.8, 4) is 22.6 Å². The normalized spacial score (nSPS) is 11.6. The number of hydrogen-bond donors (Lipinski definition) is 1. The molecule has 6 rings (SSSR count). The third kappa shape index (κ3) is 2.26. The van der Waals surface area contributed by atoms with E-state index in [1.165, 1.54) is 0 Å². The first kappa shape index (κ1) is 15.0. The minimum Gasteiger partial charge on any atom is -0.345 e. The molecule has 0 amide bonds.